The molecule has 0 amide bonds. The molecule has 0 N–H and O–H groups in total. The first kappa shape index (κ1) is 35.5. The monoisotopic (exact) mass is 824 g/mol. The van der Waals surface area contributed by atoms with Crippen LogP contribution in [0.1, 0.15) is 81.3 Å². The van der Waals surface area contributed by atoms with E-state index in [4.69, 9.17) is 0 Å². The van der Waals surface area contributed by atoms with Crippen LogP contribution < -0.4 is 28.1 Å². The van der Waals surface area contributed by atoms with E-state index in [1.165, 1.54) is 38.9 Å². The molecule has 0 atom stereocenters. The Bertz CT molecular complexity index is 1740. The van der Waals surface area contributed by atoms with Gasteiger partial charge in [-0.3, -0.25) is 0 Å². The van der Waals surface area contributed by atoms with Gasteiger partial charge in [0.25, 0.3) is 0 Å². The summed E-state index contributed by atoms with van der Waals surface area (Å²) in [5, 5.41) is 0. The first-order valence-corrected chi connectivity index (χ1v) is 20.1. The number of halogens is 4. The van der Waals surface area contributed by atoms with Gasteiger partial charge in [0.15, 0.2) is 0 Å². The van der Waals surface area contributed by atoms with Crippen molar-refractivity contribution in [1.82, 2.24) is 0 Å². The fourth-order valence-electron chi connectivity index (χ4n) is 6.19. The fourth-order valence-corrected chi connectivity index (χ4v) is 14.7. The first-order chi connectivity index (χ1) is 19.9. The van der Waals surface area contributed by atoms with Crippen molar-refractivity contribution in [2.24, 2.45) is 0 Å². The molecule has 0 saturated carbocycles. The van der Waals surface area contributed by atoms with Crippen molar-refractivity contribution in [1.29, 1.82) is 0 Å². The molecule has 0 radical (unpaired) electrons. The van der Waals surface area contributed by atoms with Gasteiger partial charge in [-0.1, -0.05) is 0 Å². The van der Waals surface area contributed by atoms with E-state index in [9.17, 15) is 0 Å². The van der Waals surface area contributed by atoms with E-state index in [0.717, 1.165) is 21.8 Å². The van der Waals surface area contributed by atoms with Crippen molar-refractivity contribution in [3.8, 4) is 11.1 Å². The molecule has 44 heavy (non-hydrogen) atoms. The molecule has 2 aliphatic rings. The molecule has 0 fully saturated rings. The van der Waals surface area contributed by atoms with Gasteiger partial charge < -0.3 is 24.8 Å². The molecule has 0 unspecified atom stereocenters. The van der Waals surface area contributed by atoms with Gasteiger partial charge in [-0.15, -0.1) is 0 Å². The molecule has 5 heteroatoms. The summed E-state index contributed by atoms with van der Waals surface area (Å²) >= 11 is 4.67. The molecule has 0 nitrogen and oxygen atoms in total. The first-order valence-electron chi connectivity index (χ1n) is 14.8. The minimum atomic E-state index is -2.72. The van der Waals surface area contributed by atoms with Gasteiger partial charge in [0.05, 0.1) is 0 Å². The van der Waals surface area contributed by atoms with E-state index < -0.39 is 21.3 Å². The molecule has 226 valence electrons. The zero-order chi connectivity index (χ0) is 29.8. The van der Waals surface area contributed by atoms with Gasteiger partial charge in [0.2, 0.25) is 0 Å². The number of hydrogen-bond donors (Lipinski definition) is 0. The summed E-state index contributed by atoms with van der Waals surface area (Å²) in [5.41, 5.74) is 11.7. The Hall–Kier alpha value is -1.35. The fraction of sp³-hybridized carbons (Fsp3) is 0.256. The van der Waals surface area contributed by atoms with Gasteiger partial charge in [0, 0.05) is 0 Å². The smallest absolute Gasteiger partial charge is 1.00 e. The summed E-state index contributed by atoms with van der Waals surface area (Å²) in [7, 11) is 0. The Morgan fingerprint density at radius 2 is 1.20 bits per heavy atom. The summed E-state index contributed by atoms with van der Waals surface area (Å²) < 4.78 is 7.09. The molecular formula is C39H38Br2Cl2Zr. The third kappa shape index (κ3) is 7.13. The Morgan fingerprint density at radius 3 is 1.70 bits per heavy atom. The molecule has 4 aromatic carbocycles. The zero-order valence-corrected chi connectivity index (χ0v) is 33.3. The maximum Gasteiger partial charge on any atom is -1.00 e. The minimum Gasteiger partial charge on any atom is -1.00 e. The zero-order valence-electron chi connectivity index (χ0n) is 26.2. The van der Waals surface area contributed by atoms with Gasteiger partial charge in [0.1, 0.15) is 0 Å². The molecule has 0 bridgehead atoms. The summed E-state index contributed by atoms with van der Waals surface area (Å²) in [4.78, 5) is 0. The van der Waals surface area contributed by atoms with Crippen LogP contribution in [-0.2, 0) is 38.5 Å². The van der Waals surface area contributed by atoms with Gasteiger partial charge >= 0.3 is 279 Å². The van der Waals surface area contributed by atoms with Gasteiger partial charge in [-0.05, 0) is 0 Å². The molecule has 0 aliphatic heterocycles. The molecule has 0 spiro atoms. The predicted octanol–water partition coefficient (Wildman–Crippen LogP) is 4.74. The third-order valence-electron chi connectivity index (χ3n) is 8.63. The van der Waals surface area contributed by atoms with Crippen LogP contribution in [0.2, 0.25) is 0 Å². The molecular weight excluding hydrogens is 790 g/mol. The molecule has 2 aliphatic carbocycles. The van der Waals surface area contributed by atoms with E-state index in [0.29, 0.717) is 0 Å². The average Bonchev–Trinajstić information content (AvgIpc) is 3.60. The van der Waals surface area contributed by atoms with E-state index in [1.54, 1.807) is 15.3 Å². The Labute approximate surface area is 300 Å². The van der Waals surface area contributed by atoms with Crippen LogP contribution in [0.25, 0.3) is 11.1 Å². The number of fused-ring (bicyclic) bond motifs is 3. The number of rotatable bonds is 4. The van der Waals surface area contributed by atoms with Crippen molar-refractivity contribution in [3.05, 3.63) is 143 Å². The average molecular weight is 829 g/mol. The van der Waals surface area contributed by atoms with Crippen molar-refractivity contribution in [2.75, 3.05) is 0 Å². The Kier molecular flexibility index (Phi) is 11.1. The number of benzene rings is 4. The van der Waals surface area contributed by atoms with E-state index >= 15 is 0 Å². The van der Waals surface area contributed by atoms with Gasteiger partial charge in [-0.25, -0.2) is 0 Å². The number of allylic oxidation sites excluding steroid dienone is 4. The second-order valence-electron chi connectivity index (χ2n) is 13.7. The molecule has 0 aromatic heterocycles. The molecule has 4 aromatic rings. The van der Waals surface area contributed by atoms with Crippen molar-refractivity contribution in [2.45, 2.75) is 65.2 Å². The van der Waals surface area contributed by atoms with Crippen LogP contribution in [0.5, 0.6) is 0 Å². The summed E-state index contributed by atoms with van der Waals surface area (Å²) in [6.45, 7) is 14.1. The van der Waals surface area contributed by atoms with Crippen molar-refractivity contribution >= 4 is 38.3 Å². The van der Waals surface area contributed by atoms with Gasteiger partial charge in [-0.2, -0.15) is 0 Å². The van der Waals surface area contributed by atoms with E-state index in [2.05, 4.69) is 170 Å². The maximum atomic E-state index is 3.70. The predicted molar refractivity (Wildman–Crippen MR) is 185 cm³/mol. The van der Waals surface area contributed by atoms with Crippen molar-refractivity contribution < 1.29 is 46.1 Å². The Balaban J connectivity index is 0.00000221. The Morgan fingerprint density at radius 1 is 0.659 bits per heavy atom. The second-order valence-corrected chi connectivity index (χ2v) is 21.5. The SMILES string of the molecule is CC(C)(C)c1ccc2c(c1)-c1cc(C(C)(C)C)c[c]([Zr+2]([C]3=CC=CC3)=[C](c3ccc(Br)cc3)c3ccc(Br)cc3)c1C2.[Cl-].[Cl-]. The standard InChI is InChI=1S/C21H25.C13H8Br2.C5H5.2ClH.Zr/c1-20(2,3)16-9-7-14-11-15-8-10-17(21(4,5)6)13-19(15)18(14)12-16;14-12-5-1-10(2-6-12)9-11-3-7-13(15)8-4-11;1-2-4-5-3-1;;;/h7,9-10,12-13H,11H2,1-6H3;1-8H;1-3H,4H2;2*1H;/q;;;;;+2/p-2. The van der Waals surface area contributed by atoms with E-state index in [1.807, 2.05) is 0 Å². The van der Waals surface area contributed by atoms with Crippen LogP contribution in [0.15, 0.2) is 109 Å². The van der Waals surface area contributed by atoms with Crippen LogP contribution in [-0.4, -0.2) is 3.21 Å². The van der Waals surface area contributed by atoms with E-state index in [-0.39, 0.29) is 35.6 Å². The normalized spacial score (nSPS) is 13.2. The topological polar surface area (TPSA) is 0 Å². The minimum absolute atomic E-state index is 0. The summed E-state index contributed by atoms with van der Waals surface area (Å²) in [6.07, 6.45) is 9.17. The number of hydrogen-bond acceptors (Lipinski definition) is 0. The molecule has 0 heterocycles. The molecule has 0 saturated heterocycles. The van der Waals surface area contributed by atoms with Crippen LogP contribution in [0.4, 0.5) is 0 Å². The molecule has 6 rings (SSSR count). The van der Waals surface area contributed by atoms with Crippen LogP contribution in [0, 0.1) is 0 Å². The second kappa shape index (κ2) is 13.8. The third-order valence-corrected chi connectivity index (χ3v) is 17.2. The summed E-state index contributed by atoms with van der Waals surface area (Å²) in [5.74, 6) is 0. The van der Waals surface area contributed by atoms with Crippen molar-refractivity contribution in [3.63, 3.8) is 0 Å². The quantitative estimate of drug-likeness (QED) is 0.246. The maximum absolute atomic E-state index is 3.70. The van der Waals surface area contributed by atoms with Crippen LogP contribution in [0.3, 0.4) is 0 Å². The largest absolute Gasteiger partial charge is 1.00 e. The summed E-state index contributed by atoms with van der Waals surface area (Å²) in [6, 6.07) is 30.5. The van der Waals surface area contributed by atoms with Crippen LogP contribution >= 0.6 is 31.9 Å².